The normalized spacial score (nSPS) is 12.6. The van der Waals surface area contributed by atoms with Crippen LogP contribution >= 0.6 is 15.9 Å². The highest BCUT2D eigenvalue weighted by atomic mass is 79.9. The molecule has 4 heteroatoms. The first kappa shape index (κ1) is 14.3. The molecule has 0 aliphatic carbocycles. The summed E-state index contributed by atoms with van der Waals surface area (Å²) in [5.74, 6) is -0.229. The van der Waals surface area contributed by atoms with Gasteiger partial charge < -0.3 is 10.3 Å². The Morgan fingerprint density at radius 3 is 2.89 bits per heavy atom. The van der Waals surface area contributed by atoms with Gasteiger partial charge in [0.1, 0.15) is 5.82 Å². The van der Waals surface area contributed by atoms with E-state index in [0.29, 0.717) is 11.0 Å². The Morgan fingerprint density at radius 1 is 1.37 bits per heavy atom. The van der Waals surface area contributed by atoms with Crippen molar-refractivity contribution >= 4 is 15.9 Å². The van der Waals surface area contributed by atoms with E-state index in [1.807, 2.05) is 29.1 Å². The summed E-state index contributed by atoms with van der Waals surface area (Å²) in [5, 5.41) is 0. The second-order valence-electron chi connectivity index (χ2n) is 4.73. The zero-order chi connectivity index (χ0) is 13.8. The van der Waals surface area contributed by atoms with Crippen molar-refractivity contribution in [2.24, 2.45) is 5.73 Å². The average Bonchev–Trinajstić information content (AvgIpc) is 2.84. The van der Waals surface area contributed by atoms with Crippen molar-refractivity contribution in [2.45, 2.75) is 32.4 Å². The second kappa shape index (κ2) is 6.35. The van der Waals surface area contributed by atoms with E-state index in [-0.39, 0.29) is 11.9 Å². The molecule has 0 aliphatic heterocycles. The molecule has 1 aromatic carbocycles. The highest BCUT2D eigenvalue weighted by molar-refractivity contribution is 9.10. The molecule has 102 valence electrons. The quantitative estimate of drug-likeness (QED) is 0.876. The van der Waals surface area contributed by atoms with E-state index in [4.69, 9.17) is 5.73 Å². The highest BCUT2D eigenvalue weighted by Gasteiger charge is 2.09. The van der Waals surface area contributed by atoms with Crippen molar-refractivity contribution < 1.29 is 4.39 Å². The third-order valence-corrected chi connectivity index (χ3v) is 4.07. The van der Waals surface area contributed by atoms with Crippen LogP contribution in [0.3, 0.4) is 0 Å². The molecule has 0 radical (unpaired) electrons. The third kappa shape index (κ3) is 3.45. The molecule has 0 spiro atoms. The van der Waals surface area contributed by atoms with Crippen LogP contribution in [-0.4, -0.2) is 4.57 Å². The van der Waals surface area contributed by atoms with Crippen LogP contribution < -0.4 is 5.73 Å². The lowest BCUT2D eigenvalue weighted by Gasteiger charge is -2.08. The first-order chi connectivity index (χ1) is 9.11. The molecule has 1 atom stereocenters. The molecular formula is C15H18BrFN2. The molecule has 2 nitrogen and oxygen atoms in total. The minimum atomic E-state index is -0.229. The first-order valence-corrected chi connectivity index (χ1v) is 7.25. The summed E-state index contributed by atoms with van der Waals surface area (Å²) in [6.07, 6.45) is 6.08. The van der Waals surface area contributed by atoms with E-state index < -0.39 is 0 Å². The predicted molar refractivity (Wildman–Crippen MR) is 79.5 cm³/mol. The van der Waals surface area contributed by atoms with E-state index in [1.165, 1.54) is 6.07 Å². The Morgan fingerprint density at radius 2 is 2.16 bits per heavy atom. The average molecular weight is 325 g/mol. The summed E-state index contributed by atoms with van der Waals surface area (Å²) in [6, 6.07) is 7.21. The number of nitrogens with zero attached hydrogens (tertiary/aromatic N) is 1. The first-order valence-electron chi connectivity index (χ1n) is 6.46. The van der Waals surface area contributed by atoms with Crippen LogP contribution in [0.15, 0.2) is 41.1 Å². The molecule has 0 amide bonds. The molecule has 2 rings (SSSR count). The third-order valence-electron chi connectivity index (χ3n) is 3.19. The Balaban J connectivity index is 2.14. The smallest absolute Gasteiger partial charge is 0.137 e. The maximum Gasteiger partial charge on any atom is 0.137 e. The summed E-state index contributed by atoms with van der Waals surface area (Å²) < 4.78 is 16.0. The largest absolute Gasteiger partial charge is 0.350 e. The Bertz CT molecular complexity index is 551. The summed E-state index contributed by atoms with van der Waals surface area (Å²) in [7, 11) is 0. The van der Waals surface area contributed by atoms with Gasteiger partial charge in [0.15, 0.2) is 0 Å². The lowest BCUT2D eigenvalue weighted by atomic mass is 10.1. The predicted octanol–water partition coefficient (Wildman–Crippen LogP) is 4.24. The molecular weight excluding hydrogens is 307 g/mol. The number of rotatable bonds is 5. The van der Waals surface area contributed by atoms with Crippen LogP contribution in [0.5, 0.6) is 0 Å². The molecule has 0 bridgehead atoms. The highest BCUT2D eigenvalue weighted by Crippen LogP contribution is 2.22. The van der Waals surface area contributed by atoms with Crippen molar-refractivity contribution in [3.8, 4) is 0 Å². The Kier molecular flexibility index (Phi) is 4.77. The molecule has 0 aliphatic rings. The topological polar surface area (TPSA) is 30.9 Å². The van der Waals surface area contributed by atoms with E-state index in [2.05, 4.69) is 22.9 Å². The zero-order valence-electron chi connectivity index (χ0n) is 10.9. The fourth-order valence-corrected chi connectivity index (χ4v) is 2.51. The van der Waals surface area contributed by atoms with Crippen molar-refractivity contribution in [1.29, 1.82) is 0 Å². The van der Waals surface area contributed by atoms with Gasteiger partial charge in [0.2, 0.25) is 0 Å². The van der Waals surface area contributed by atoms with Gasteiger partial charge >= 0.3 is 0 Å². The summed E-state index contributed by atoms with van der Waals surface area (Å²) in [4.78, 5) is 0. The van der Waals surface area contributed by atoms with Crippen LogP contribution in [0, 0.1) is 5.82 Å². The van der Waals surface area contributed by atoms with Crippen LogP contribution in [0.25, 0.3) is 0 Å². The van der Waals surface area contributed by atoms with E-state index in [0.717, 1.165) is 24.0 Å². The molecule has 0 saturated carbocycles. The van der Waals surface area contributed by atoms with Gasteiger partial charge in [-0.05, 0) is 45.6 Å². The number of hydrogen-bond acceptors (Lipinski definition) is 1. The SMILES string of the molecule is CCCC(N)c1ccn(Cc2cccc(F)c2Br)c1. The van der Waals surface area contributed by atoms with Crippen molar-refractivity contribution in [2.75, 3.05) is 0 Å². The van der Waals surface area contributed by atoms with Gasteiger partial charge in [0.05, 0.1) is 4.47 Å². The van der Waals surface area contributed by atoms with Gasteiger partial charge in [0, 0.05) is 25.0 Å². The molecule has 2 aromatic rings. The summed E-state index contributed by atoms with van der Waals surface area (Å²) in [5.41, 5.74) is 8.14. The fourth-order valence-electron chi connectivity index (χ4n) is 2.12. The van der Waals surface area contributed by atoms with Gasteiger partial charge in [-0.3, -0.25) is 0 Å². The van der Waals surface area contributed by atoms with E-state index in [1.54, 1.807) is 6.07 Å². The van der Waals surface area contributed by atoms with Gasteiger partial charge in [0.25, 0.3) is 0 Å². The number of halogens is 2. The minimum absolute atomic E-state index is 0.0854. The van der Waals surface area contributed by atoms with Gasteiger partial charge in [-0.1, -0.05) is 25.5 Å². The van der Waals surface area contributed by atoms with Crippen molar-refractivity contribution in [1.82, 2.24) is 4.57 Å². The molecule has 19 heavy (non-hydrogen) atoms. The van der Waals surface area contributed by atoms with Gasteiger partial charge in [-0.2, -0.15) is 0 Å². The maximum absolute atomic E-state index is 13.4. The van der Waals surface area contributed by atoms with Crippen LogP contribution in [-0.2, 0) is 6.54 Å². The van der Waals surface area contributed by atoms with Crippen molar-refractivity contribution in [3.63, 3.8) is 0 Å². The van der Waals surface area contributed by atoms with Gasteiger partial charge in [-0.15, -0.1) is 0 Å². The van der Waals surface area contributed by atoms with Crippen molar-refractivity contribution in [3.05, 3.63) is 58.1 Å². The molecule has 0 fully saturated rings. The lowest BCUT2D eigenvalue weighted by Crippen LogP contribution is -2.08. The van der Waals surface area contributed by atoms with Crippen LogP contribution in [0.1, 0.15) is 36.9 Å². The molecule has 2 N–H and O–H groups in total. The number of nitrogens with two attached hydrogens (primary N) is 1. The molecule has 1 aromatic heterocycles. The van der Waals surface area contributed by atoms with E-state index in [9.17, 15) is 4.39 Å². The number of hydrogen-bond donors (Lipinski definition) is 1. The maximum atomic E-state index is 13.4. The summed E-state index contributed by atoms with van der Waals surface area (Å²) in [6.45, 7) is 2.76. The lowest BCUT2D eigenvalue weighted by molar-refractivity contribution is 0.615. The molecule has 0 saturated heterocycles. The monoisotopic (exact) mass is 324 g/mol. The Hall–Kier alpha value is -1.13. The summed E-state index contributed by atoms with van der Waals surface area (Å²) >= 11 is 3.29. The molecule has 1 heterocycles. The number of benzene rings is 1. The van der Waals surface area contributed by atoms with Crippen LogP contribution in [0.2, 0.25) is 0 Å². The Labute approximate surface area is 121 Å². The van der Waals surface area contributed by atoms with Crippen LogP contribution in [0.4, 0.5) is 4.39 Å². The van der Waals surface area contributed by atoms with Gasteiger partial charge in [-0.25, -0.2) is 4.39 Å². The standard InChI is InChI=1S/C15H18BrFN2/c1-2-4-14(18)11-7-8-19(9-11)10-12-5-3-6-13(17)15(12)16/h3,5-9,14H,2,4,10,18H2,1H3. The zero-order valence-corrected chi connectivity index (χ0v) is 12.5. The minimum Gasteiger partial charge on any atom is -0.350 e. The fraction of sp³-hybridized carbons (Fsp3) is 0.333. The molecule has 1 unspecified atom stereocenters. The van der Waals surface area contributed by atoms with E-state index >= 15 is 0 Å². The second-order valence-corrected chi connectivity index (χ2v) is 5.52. The number of aromatic nitrogens is 1.